The first kappa shape index (κ1) is 35.9. The Morgan fingerprint density at radius 3 is 1.96 bits per heavy atom. The van der Waals surface area contributed by atoms with Gasteiger partial charge in [-0.3, -0.25) is 9.13 Å². The SMILES string of the molecule is COC1[C@H](COc2ccccc2)O[C@H](COP(=O)(O)CP(=O)(O)OC[C@H]2O[C@@H]([N+]3=Cc4c(N)ncnc4C3)C(OC)[C@H]2OC)[C@@H]1OC. The molecule has 0 bridgehead atoms. The lowest BCUT2D eigenvalue weighted by atomic mass is 10.1. The second-order valence-corrected chi connectivity index (χ2v) is 15.3. The first-order valence-electron chi connectivity index (χ1n) is 14.7. The Hall–Kier alpha value is -2.37. The van der Waals surface area contributed by atoms with Crippen LogP contribution in [0.1, 0.15) is 11.3 Å². The number of nitrogens with zero attached hydrogens (tertiary/aromatic N) is 3. The number of para-hydroxylation sites is 1. The molecule has 1 aromatic heterocycles. The fraction of sp³-hybridized carbons (Fsp3) is 0.607. The zero-order valence-electron chi connectivity index (χ0n) is 26.4. The van der Waals surface area contributed by atoms with Gasteiger partial charge in [0, 0.05) is 28.4 Å². The summed E-state index contributed by atoms with van der Waals surface area (Å²) < 4.78 is 78.6. The highest BCUT2D eigenvalue weighted by atomic mass is 31.2. The second-order valence-electron chi connectivity index (χ2n) is 11.1. The quantitative estimate of drug-likeness (QED) is 0.164. The molecular formula is C28H41N4O13P2+. The topological polar surface area (TPSA) is 212 Å². The molecule has 4 unspecified atom stereocenters. The van der Waals surface area contributed by atoms with Crippen molar-refractivity contribution in [2.45, 2.75) is 55.5 Å². The van der Waals surface area contributed by atoms with Gasteiger partial charge in [0.15, 0.2) is 24.8 Å². The van der Waals surface area contributed by atoms with Crippen LogP contribution in [0.5, 0.6) is 5.75 Å². The molecule has 1 aromatic carbocycles. The summed E-state index contributed by atoms with van der Waals surface area (Å²) in [6, 6.07) is 9.11. The standard InChI is InChI=1S/C28H40N4O13P2/c1-37-23-20(12-41-17-8-6-5-7-9-17)44-21(24(23)38-2)13-42-46(33,34)16-47(35,36)43-14-22-25(39-3)26(40-4)28(45-22)32-10-18-19(11-32)30-15-31-27(18)29/h5-10,15,20-26,28-29H,11-14,16H2,1-4H3,(H2,33,34,35,36)/p+1/t20-,21+,22+,23?,24-,25-,26?,28+/m0/s1. The normalized spacial score (nSPS) is 31.2. The van der Waals surface area contributed by atoms with Crippen LogP contribution in [0.4, 0.5) is 5.82 Å². The van der Waals surface area contributed by atoms with E-state index < -0.39 is 83.3 Å². The number of hydrogen-bond donors (Lipinski definition) is 3. The predicted molar refractivity (Wildman–Crippen MR) is 164 cm³/mol. The fourth-order valence-electron chi connectivity index (χ4n) is 5.93. The van der Waals surface area contributed by atoms with Gasteiger partial charge in [-0.25, -0.2) is 9.97 Å². The van der Waals surface area contributed by atoms with Gasteiger partial charge >= 0.3 is 15.2 Å². The van der Waals surface area contributed by atoms with Crippen LogP contribution in [0, 0.1) is 0 Å². The van der Waals surface area contributed by atoms with Crippen molar-refractivity contribution >= 4 is 27.2 Å². The highest BCUT2D eigenvalue weighted by Gasteiger charge is 2.53. The van der Waals surface area contributed by atoms with Gasteiger partial charge < -0.3 is 57.7 Å². The van der Waals surface area contributed by atoms with Crippen molar-refractivity contribution in [2.75, 3.05) is 59.9 Å². The Labute approximate surface area is 271 Å². The minimum atomic E-state index is -4.68. The Bertz CT molecular complexity index is 1490. The van der Waals surface area contributed by atoms with Gasteiger partial charge in [-0.15, -0.1) is 0 Å². The zero-order chi connectivity index (χ0) is 33.8. The van der Waals surface area contributed by atoms with E-state index in [4.69, 9.17) is 47.9 Å². The summed E-state index contributed by atoms with van der Waals surface area (Å²) in [6.45, 7) is -0.384. The number of aromatic nitrogens is 2. The van der Waals surface area contributed by atoms with Gasteiger partial charge in [0.1, 0.15) is 72.4 Å². The molecule has 0 saturated carbocycles. The molecule has 10 atom stereocenters. The van der Waals surface area contributed by atoms with E-state index in [2.05, 4.69) is 9.97 Å². The lowest BCUT2D eigenvalue weighted by Gasteiger charge is -2.23. The molecule has 47 heavy (non-hydrogen) atoms. The summed E-state index contributed by atoms with van der Waals surface area (Å²) >= 11 is 0. The van der Waals surface area contributed by atoms with Crippen LogP contribution in [0.3, 0.4) is 0 Å². The number of methoxy groups -OCH3 is 4. The Morgan fingerprint density at radius 2 is 1.38 bits per heavy atom. The first-order chi connectivity index (χ1) is 22.5. The number of fused-ring (bicyclic) bond motifs is 1. The largest absolute Gasteiger partial charge is 0.491 e. The van der Waals surface area contributed by atoms with E-state index in [1.54, 1.807) is 18.3 Å². The molecule has 0 aliphatic carbocycles. The molecule has 2 fully saturated rings. The van der Waals surface area contributed by atoms with Crippen molar-refractivity contribution < 1.29 is 65.7 Å². The third kappa shape index (κ3) is 8.44. The van der Waals surface area contributed by atoms with Gasteiger partial charge in [-0.2, -0.15) is 4.58 Å². The maximum absolute atomic E-state index is 13.0. The molecule has 0 spiro atoms. The van der Waals surface area contributed by atoms with Crippen LogP contribution in [0.25, 0.3) is 0 Å². The predicted octanol–water partition coefficient (Wildman–Crippen LogP) is 0.997. The molecule has 0 amide bonds. The third-order valence-corrected chi connectivity index (χ3v) is 12.1. The van der Waals surface area contributed by atoms with Gasteiger partial charge in [0.25, 0.3) is 6.23 Å². The molecule has 19 heteroatoms. The summed E-state index contributed by atoms with van der Waals surface area (Å²) in [5.41, 5.74) is 7.35. The van der Waals surface area contributed by atoms with Crippen LogP contribution in [0.2, 0.25) is 0 Å². The third-order valence-electron chi connectivity index (χ3n) is 8.13. The average molecular weight is 704 g/mol. The Balaban J connectivity index is 1.15. The molecule has 17 nitrogen and oxygen atoms in total. The van der Waals surface area contributed by atoms with Gasteiger partial charge in [0.05, 0.1) is 13.2 Å². The molecular weight excluding hydrogens is 662 g/mol. The summed E-state index contributed by atoms with van der Waals surface area (Å²) in [7, 11) is -3.48. The van der Waals surface area contributed by atoms with Crippen LogP contribution >= 0.6 is 15.2 Å². The summed E-state index contributed by atoms with van der Waals surface area (Å²) in [6.07, 6.45) is -2.42. The highest BCUT2D eigenvalue weighted by Crippen LogP contribution is 2.58. The smallest absolute Gasteiger partial charge is 0.340 e. The zero-order valence-corrected chi connectivity index (χ0v) is 28.2. The van der Waals surface area contributed by atoms with Crippen molar-refractivity contribution in [2.24, 2.45) is 0 Å². The van der Waals surface area contributed by atoms with E-state index in [0.29, 0.717) is 29.4 Å². The van der Waals surface area contributed by atoms with Crippen LogP contribution in [-0.2, 0) is 53.1 Å². The average Bonchev–Trinajstić information content (AvgIpc) is 3.74. The van der Waals surface area contributed by atoms with E-state index in [1.807, 2.05) is 22.8 Å². The Kier molecular flexibility index (Phi) is 11.8. The van der Waals surface area contributed by atoms with Gasteiger partial charge in [0.2, 0.25) is 0 Å². The number of nitrogens with two attached hydrogens (primary N) is 1. The maximum Gasteiger partial charge on any atom is 0.340 e. The minimum Gasteiger partial charge on any atom is -0.491 e. The molecule has 2 aromatic rings. The first-order valence-corrected chi connectivity index (χ1v) is 18.2. The maximum atomic E-state index is 13.0. The van der Waals surface area contributed by atoms with Gasteiger partial charge in [-0.1, -0.05) is 18.2 Å². The van der Waals surface area contributed by atoms with E-state index in [9.17, 15) is 18.9 Å². The van der Waals surface area contributed by atoms with Crippen molar-refractivity contribution in [1.29, 1.82) is 0 Å². The minimum absolute atomic E-state index is 0.122. The van der Waals surface area contributed by atoms with Crippen LogP contribution in [-0.4, -0.2) is 134 Å². The monoisotopic (exact) mass is 703 g/mol. The number of benzene rings is 1. The Morgan fingerprint density at radius 1 is 0.830 bits per heavy atom. The molecule has 260 valence electrons. The molecule has 4 heterocycles. The van der Waals surface area contributed by atoms with E-state index in [1.165, 1.54) is 34.8 Å². The lowest BCUT2D eigenvalue weighted by Crippen LogP contribution is -2.41. The van der Waals surface area contributed by atoms with Crippen molar-refractivity contribution in [3.8, 4) is 5.75 Å². The summed E-state index contributed by atoms with van der Waals surface area (Å²) in [5.74, 6) is -0.226. The number of hydrogen-bond acceptors (Lipinski definition) is 14. The van der Waals surface area contributed by atoms with E-state index in [0.717, 1.165) is 0 Å². The molecule has 2 saturated heterocycles. The van der Waals surface area contributed by atoms with E-state index in [-0.39, 0.29) is 6.61 Å². The van der Waals surface area contributed by atoms with Crippen molar-refractivity contribution in [1.82, 2.24) is 9.97 Å². The number of nitrogen functional groups attached to an aromatic ring is 1. The molecule has 3 aliphatic heterocycles. The van der Waals surface area contributed by atoms with Crippen LogP contribution in [0.15, 0.2) is 36.7 Å². The van der Waals surface area contributed by atoms with E-state index >= 15 is 0 Å². The molecule has 5 rings (SSSR count). The van der Waals surface area contributed by atoms with Gasteiger partial charge in [-0.05, 0) is 12.1 Å². The lowest BCUT2D eigenvalue weighted by molar-refractivity contribution is -0.624. The molecule has 4 N–H and O–H groups in total. The summed E-state index contributed by atoms with van der Waals surface area (Å²) in [4.78, 5) is 29.4. The number of ether oxygens (including phenoxy) is 7. The highest BCUT2D eigenvalue weighted by molar-refractivity contribution is 7.70. The van der Waals surface area contributed by atoms with Crippen molar-refractivity contribution in [3.05, 3.63) is 47.9 Å². The molecule has 3 aliphatic rings. The van der Waals surface area contributed by atoms with Crippen LogP contribution < -0.4 is 10.5 Å². The second kappa shape index (κ2) is 15.5. The van der Waals surface area contributed by atoms with Crippen molar-refractivity contribution in [3.63, 3.8) is 0 Å². The number of anilines is 1. The molecule has 0 radical (unpaired) electrons. The number of rotatable bonds is 16. The fourth-order valence-corrected chi connectivity index (χ4v) is 9.15. The summed E-state index contributed by atoms with van der Waals surface area (Å²) in [5, 5.41) is 0.